The van der Waals surface area contributed by atoms with Gasteiger partial charge in [0.15, 0.2) is 11.5 Å². The molecule has 1 aromatic carbocycles. The summed E-state index contributed by atoms with van der Waals surface area (Å²) in [5.74, 6) is 0.773. The smallest absolute Gasteiger partial charge is 0.262 e. The molecule has 1 atom stereocenters. The maximum Gasteiger partial charge on any atom is 0.262 e. The highest BCUT2D eigenvalue weighted by Crippen LogP contribution is 2.29. The summed E-state index contributed by atoms with van der Waals surface area (Å²) < 4.78 is 16.4. The van der Waals surface area contributed by atoms with Crippen LogP contribution in [0.4, 0.5) is 0 Å². The Hall–Kier alpha value is -2.52. The van der Waals surface area contributed by atoms with E-state index in [-0.39, 0.29) is 17.8 Å². The van der Waals surface area contributed by atoms with Crippen LogP contribution in [0.25, 0.3) is 6.08 Å². The first-order chi connectivity index (χ1) is 12.0. The van der Waals surface area contributed by atoms with Gasteiger partial charge in [-0.25, -0.2) is 0 Å². The predicted molar refractivity (Wildman–Crippen MR) is 94.3 cm³/mol. The van der Waals surface area contributed by atoms with Gasteiger partial charge in [0.1, 0.15) is 11.6 Å². The standard InChI is InChI=1S/C19H24N2O4/c1-13(2)25-17-7-6-14(10-18(17)23-3)9-15(11-20)19(22)21-12-16-5-4-8-24-16/h6-7,9-10,13,16H,4-5,8,12H2,1-3H3,(H,21,22)/b15-9+/t16-/m1/s1. The lowest BCUT2D eigenvalue weighted by Crippen LogP contribution is -2.32. The number of hydrogen-bond donors (Lipinski definition) is 1. The number of methoxy groups -OCH3 is 1. The van der Waals surface area contributed by atoms with E-state index in [4.69, 9.17) is 14.2 Å². The Morgan fingerprint density at radius 3 is 2.88 bits per heavy atom. The van der Waals surface area contributed by atoms with Gasteiger partial charge in [-0.1, -0.05) is 6.07 Å². The molecule has 134 valence electrons. The average Bonchev–Trinajstić information content (AvgIpc) is 3.11. The number of carbonyl (C=O) groups is 1. The number of amides is 1. The number of nitrogens with zero attached hydrogens (tertiary/aromatic N) is 1. The van der Waals surface area contributed by atoms with Crippen LogP contribution < -0.4 is 14.8 Å². The Morgan fingerprint density at radius 2 is 2.28 bits per heavy atom. The summed E-state index contributed by atoms with van der Waals surface area (Å²) in [5.41, 5.74) is 0.731. The molecule has 25 heavy (non-hydrogen) atoms. The zero-order valence-corrected chi connectivity index (χ0v) is 14.9. The summed E-state index contributed by atoms with van der Waals surface area (Å²) >= 11 is 0. The quantitative estimate of drug-likeness (QED) is 0.607. The van der Waals surface area contributed by atoms with Crippen LogP contribution in [-0.4, -0.2) is 38.4 Å². The molecular formula is C19H24N2O4. The second kappa shape index (κ2) is 9.09. The van der Waals surface area contributed by atoms with Gasteiger partial charge < -0.3 is 19.5 Å². The second-order valence-electron chi connectivity index (χ2n) is 6.09. The zero-order valence-electron chi connectivity index (χ0n) is 14.9. The number of rotatable bonds is 7. The molecule has 1 aliphatic heterocycles. The van der Waals surface area contributed by atoms with Crippen molar-refractivity contribution in [3.63, 3.8) is 0 Å². The van der Waals surface area contributed by atoms with Gasteiger partial charge in [-0.15, -0.1) is 0 Å². The largest absolute Gasteiger partial charge is 0.493 e. The van der Waals surface area contributed by atoms with E-state index in [2.05, 4.69) is 5.32 Å². The third-order valence-electron chi connectivity index (χ3n) is 3.74. The van der Waals surface area contributed by atoms with E-state index < -0.39 is 5.91 Å². The summed E-state index contributed by atoms with van der Waals surface area (Å²) in [7, 11) is 1.55. The fourth-order valence-corrected chi connectivity index (χ4v) is 2.55. The van der Waals surface area contributed by atoms with Crippen LogP contribution in [0.2, 0.25) is 0 Å². The molecule has 0 radical (unpaired) electrons. The maximum atomic E-state index is 12.2. The van der Waals surface area contributed by atoms with Gasteiger partial charge in [0.25, 0.3) is 5.91 Å². The Bertz CT molecular complexity index is 670. The van der Waals surface area contributed by atoms with Crippen molar-refractivity contribution in [1.82, 2.24) is 5.32 Å². The number of ether oxygens (including phenoxy) is 3. The maximum absolute atomic E-state index is 12.2. The molecule has 0 unspecified atom stereocenters. The number of carbonyl (C=O) groups excluding carboxylic acids is 1. The van der Waals surface area contributed by atoms with Crippen LogP contribution in [0.3, 0.4) is 0 Å². The van der Waals surface area contributed by atoms with Crippen molar-refractivity contribution >= 4 is 12.0 Å². The first-order valence-electron chi connectivity index (χ1n) is 8.39. The summed E-state index contributed by atoms with van der Waals surface area (Å²) in [6.45, 7) is 5.01. The van der Waals surface area contributed by atoms with E-state index in [1.807, 2.05) is 19.9 Å². The van der Waals surface area contributed by atoms with Crippen molar-refractivity contribution in [3.05, 3.63) is 29.3 Å². The van der Waals surface area contributed by atoms with Gasteiger partial charge in [-0.2, -0.15) is 5.26 Å². The molecule has 1 fully saturated rings. The Labute approximate surface area is 148 Å². The SMILES string of the molecule is COc1cc(/C=C(\C#N)C(=O)NC[C@H]2CCCO2)ccc1OC(C)C. The van der Waals surface area contributed by atoms with E-state index in [1.165, 1.54) is 6.08 Å². The van der Waals surface area contributed by atoms with Gasteiger partial charge in [0.2, 0.25) is 0 Å². The lowest BCUT2D eigenvalue weighted by atomic mass is 10.1. The van der Waals surface area contributed by atoms with Crippen LogP contribution in [-0.2, 0) is 9.53 Å². The zero-order chi connectivity index (χ0) is 18.2. The average molecular weight is 344 g/mol. The molecule has 2 rings (SSSR count). The molecule has 0 bridgehead atoms. The summed E-state index contributed by atoms with van der Waals surface area (Å²) in [5, 5.41) is 12.0. The molecule has 1 aliphatic rings. The minimum atomic E-state index is -0.403. The van der Waals surface area contributed by atoms with E-state index >= 15 is 0 Å². The van der Waals surface area contributed by atoms with E-state index in [0.717, 1.165) is 19.4 Å². The third-order valence-corrected chi connectivity index (χ3v) is 3.74. The van der Waals surface area contributed by atoms with Gasteiger partial charge >= 0.3 is 0 Å². The first kappa shape index (κ1) is 18.8. The monoisotopic (exact) mass is 344 g/mol. The molecule has 1 saturated heterocycles. The molecule has 0 spiro atoms. The first-order valence-corrected chi connectivity index (χ1v) is 8.39. The highest BCUT2D eigenvalue weighted by Gasteiger charge is 2.17. The minimum absolute atomic E-state index is 0.0218. The van der Waals surface area contributed by atoms with Crippen LogP contribution in [0.1, 0.15) is 32.3 Å². The molecule has 0 aliphatic carbocycles. The fraction of sp³-hybridized carbons (Fsp3) is 0.474. The van der Waals surface area contributed by atoms with Crippen LogP contribution in [0.5, 0.6) is 11.5 Å². The molecule has 1 N–H and O–H groups in total. The van der Waals surface area contributed by atoms with E-state index in [1.54, 1.807) is 25.3 Å². The number of nitrogens with one attached hydrogen (secondary N) is 1. The molecule has 6 nitrogen and oxygen atoms in total. The molecule has 1 amide bonds. The predicted octanol–water partition coefficient (Wildman–Crippen LogP) is 2.68. The van der Waals surface area contributed by atoms with Crippen LogP contribution in [0, 0.1) is 11.3 Å². The van der Waals surface area contributed by atoms with Crippen LogP contribution >= 0.6 is 0 Å². The molecule has 0 aromatic heterocycles. The van der Waals surface area contributed by atoms with Gasteiger partial charge in [-0.05, 0) is 50.5 Å². The Kier molecular flexibility index (Phi) is 6.84. The third kappa shape index (κ3) is 5.50. The molecule has 0 saturated carbocycles. The van der Waals surface area contributed by atoms with E-state index in [0.29, 0.717) is 23.6 Å². The Morgan fingerprint density at radius 1 is 1.48 bits per heavy atom. The molecule has 1 aromatic rings. The van der Waals surface area contributed by atoms with E-state index in [9.17, 15) is 10.1 Å². The highest BCUT2D eigenvalue weighted by atomic mass is 16.5. The summed E-state index contributed by atoms with van der Waals surface area (Å²) in [6, 6.07) is 7.24. The van der Waals surface area contributed by atoms with Crippen molar-refractivity contribution in [2.75, 3.05) is 20.3 Å². The topological polar surface area (TPSA) is 80.6 Å². The second-order valence-corrected chi connectivity index (χ2v) is 6.09. The Balaban J connectivity index is 2.09. The van der Waals surface area contributed by atoms with Gasteiger partial charge in [-0.3, -0.25) is 4.79 Å². The fourth-order valence-electron chi connectivity index (χ4n) is 2.55. The molecule has 1 heterocycles. The highest BCUT2D eigenvalue weighted by molar-refractivity contribution is 6.01. The normalized spacial score (nSPS) is 17.2. The van der Waals surface area contributed by atoms with Gasteiger partial charge in [0, 0.05) is 13.2 Å². The molecular weight excluding hydrogens is 320 g/mol. The lowest BCUT2D eigenvalue weighted by molar-refractivity contribution is -0.117. The van der Waals surface area contributed by atoms with Crippen molar-refractivity contribution in [2.45, 2.75) is 38.9 Å². The summed E-state index contributed by atoms with van der Waals surface area (Å²) in [4.78, 5) is 12.2. The van der Waals surface area contributed by atoms with Crippen molar-refractivity contribution in [3.8, 4) is 17.6 Å². The van der Waals surface area contributed by atoms with Crippen molar-refractivity contribution < 1.29 is 19.0 Å². The number of hydrogen-bond acceptors (Lipinski definition) is 5. The minimum Gasteiger partial charge on any atom is -0.493 e. The summed E-state index contributed by atoms with van der Waals surface area (Å²) in [6.07, 6.45) is 3.53. The van der Waals surface area contributed by atoms with Gasteiger partial charge in [0.05, 0.1) is 19.3 Å². The number of nitriles is 1. The number of benzene rings is 1. The van der Waals surface area contributed by atoms with Crippen molar-refractivity contribution in [1.29, 1.82) is 5.26 Å². The van der Waals surface area contributed by atoms with Crippen molar-refractivity contribution in [2.24, 2.45) is 0 Å². The lowest BCUT2D eigenvalue weighted by Gasteiger charge is -2.14. The molecule has 6 heteroatoms. The van der Waals surface area contributed by atoms with Crippen LogP contribution in [0.15, 0.2) is 23.8 Å².